The highest BCUT2D eigenvalue weighted by atomic mass is 16.5. The molecule has 0 aromatic carbocycles. The van der Waals surface area contributed by atoms with Crippen molar-refractivity contribution in [3.8, 4) is 0 Å². The molecule has 0 amide bonds. The highest BCUT2D eigenvalue weighted by Gasteiger charge is 2.37. The molecule has 8 heteroatoms. The van der Waals surface area contributed by atoms with Crippen molar-refractivity contribution in [1.82, 2.24) is 4.98 Å². The number of ether oxygens (including phenoxy) is 3. The van der Waals surface area contributed by atoms with Gasteiger partial charge in [-0.05, 0) is 19.9 Å². The van der Waals surface area contributed by atoms with Gasteiger partial charge in [0, 0.05) is 11.4 Å². The van der Waals surface area contributed by atoms with Gasteiger partial charge in [0.05, 0.1) is 31.8 Å². The molecule has 1 aliphatic rings. The first kappa shape index (κ1) is 17.5. The Balaban J connectivity index is 2.27. The summed E-state index contributed by atoms with van der Waals surface area (Å²) in [6, 6.07) is 1.47. The lowest BCUT2D eigenvalue weighted by Gasteiger charge is -2.13. The molecule has 2 rings (SSSR count). The standard InChI is InChI=1S/C15H21NO7/c1-3-21-12(18)6-9-8(15(20)22-4-2)5-10(16-9)14-13(19)11(17)7-23-14/h5,11,13-14,16-17,19H,3-4,6-7H2,1-2H3/t11-,13-,14+/m1/s1. The largest absolute Gasteiger partial charge is 0.466 e. The molecular weight excluding hydrogens is 306 g/mol. The molecule has 0 radical (unpaired) electrons. The Morgan fingerprint density at radius 2 is 2.00 bits per heavy atom. The molecule has 1 saturated heterocycles. The van der Waals surface area contributed by atoms with Crippen molar-refractivity contribution in [3.05, 3.63) is 23.0 Å². The topological polar surface area (TPSA) is 118 Å². The number of esters is 2. The summed E-state index contributed by atoms with van der Waals surface area (Å²) < 4.78 is 15.2. The average Bonchev–Trinajstić information content (AvgIpc) is 3.04. The molecule has 23 heavy (non-hydrogen) atoms. The van der Waals surface area contributed by atoms with E-state index in [1.54, 1.807) is 13.8 Å². The molecule has 3 N–H and O–H groups in total. The average molecular weight is 327 g/mol. The number of aliphatic hydroxyl groups excluding tert-OH is 2. The minimum absolute atomic E-state index is 0.00714. The third-order valence-corrected chi connectivity index (χ3v) is 3.50. The first-order valence-electron chi connectivity index (χ1n) is 7.50. The van der Waals surface area contributed by atoms with Crippen molar-refractivity contribution in [1.29, 1.82) is 0 Å². The maximum atomic E-state index is 12.0. The third-order valence-electron chi connectivity index (χ3n) is 3.50. The minimum Gasteiger partial charge on any atom is -0.466 e. The van der Waals surface area contributed by atoms with E-state index in [1.807, 2.05) is 0 Å². The molecule has 0 bridgehead atoms. The van der Waals surface area contributed by atoms with Gasteiger partial charge in [0.25, 0.3) is 0 Å². The molecule has 0 aliphatic carbocycles. The van der Waals surface area contributed by atoms with E-state index in [0.29, 0.717) is 11.4 Å². The fourth-order valence-corrected chi connectivity index (χ4v) is 2.44. The van der Waals surface area contributed by atoms with Gasteiger partial charge in [-0.15, -0.1) is 0 Å². The summed E-state index contributed by atoms with van der Waals surface area (Å²) in [5.41, 5.74) is 0.914. The highest BCUT2D eigenvalue weighted by Crippen LogP contribution is 2.30. The maximum Gasteiger partial charge on any atom is 0.339 e. The van der Waals surface area contributed by atoms with Crippen LogP contribution in [0.3, 0.4) is 0 Å². The number of aromatic nitrogens is 1. The van der Waals surface area contributed by atoms with E-state index >= 15 is 0 Å². The zero-order valence-corrected chi connectivity index (χ0v) is 13.1. The van der Waals surface area contributed by atoms with Crippen LogP contribution < -0.4 is 0 Å². The summed E-state index contributed by atoms with van der Waals surface area (Å²) in [5.74, 6) is -1.07. The predicted molar refractivity (Wildman–Crippen MR) is 77.8 cm³/mol. The fraction of sp³-hybridized carbons (Fsp3) is 0.600. The molecule has 0 saturated carbocycles. The van der Waals surface area contributed by atoms with Gasteiger partial charge in [0.15, 0.2) is 0 Å². The Labute approximate surface area is 133 Å². The van der Waals surface area contributed by atoms with Crippen LogP contribution in [0.2, 0.25) is 0 Å². The quantitative estimate of drug-likeness (QED) is 0.634. The Kier molecular flexibility index (Phi) is 5.75. The number of nitrogens with one attached hydrogen (secondary N) is 1. The summed E-state index contributed by atoms with van der Waals surface area (Å²) >= 11 is 0. The second-order valence-electron chi connectivity index (χ2n) is 5.13. The van der Waals surface area contributed by atoms with E-state index < -0.39 is 30.3 Å². The van der Waals surface area contributed by atoms with Gasteiger partial charge in [-0.2, -0.15) is 0 Å². The zero-order valence-electron chi connectivity index (χ0n) is 13.1. The van der Waals surface area contributed by atoms with E-state index in [2.05, 4.69) is 4.98 Å². The number of aromatic amines is 1. The number of H-pyrrole nitrogens is 1. The molecule has 1 fully saturated rings. The molecular formula is C15H21NO7. The smallest absolute Gasteiger partial charge is 0.339 e. The lowest BCUT2D eigenvalue weighted by atomic mass is 10.1. The Morgan fingerprint density at radius 3 is 2.57 bits per heavy atom. The number of rotatable bonds is 6. The van der Waals surface area contributed by atoms with E-state index in [-0.39, 0.29) is 31.8 Å². The molecule has 3 atom stereocenters. The molecule has 8 nitrogen and oxygen atoms in total. The van der Waals surface area contributed by atoms with Crippen LogP contribution in [0.5, 0.6) is 0 Å². The van der Waals surface area contributed by atoms with Gasteiger partial charge < -0.3 is 29.4 Å². The zero-order chi connectivity index (χ0) is 17.0. The van der Waals surface area contributed by atoms with Gasteiger partial charge in [0.2, 0.25) is 0 Å². The second kappa shape index (κ2) is 7.58. The van der Waals surface area contributed by atoms with Gasteiger partial charge in [-0.3, -0.25) is 4.79 Å². The van der Waals surface area contributed by atoms with Gasteiger partial charge in [0.1, 0.15) is 18.3 Å². The Morgan fingerprint density at radius 1 is 1.30 bits per heavy atom. The number of hydrogen-bond donors (Lipinski definition) is 3. The number of carbonyl (C=O) groups excluding carboxylic acids is 2. The fourth-order valence-electron chi connectivity index (χ4n) is 2.44. The first-order chi connectivity index (χ1) is 11.0. The molecule has 1 aromatic rings. The Bertz CT molecular complexity index is 568. The predicted octanol–water partition coefficient (Wildman–Crippen LogP) is 0.0901. The SMILES string of the molecule is CCOC(=O)Cc1[nH]c([C@@H]2OC[C@@H](O)[C@H]2O)cc1C(=O)OCC. The van der Waals surface area contributed by atoms with Gasteiger partial charge >= 0.3 is 11.9 Å². The van der Waals surface area contributed by atoms with Crippen LogP contribution in [0, 0.1) is 0 Å². The highest BCUT2D eigenvalue weighted by molar-refractivity contribution is 5.92. The third kappa shape index (κ3) is 3.90. The van der Waals surface area contributed by atoms with E-state index in [0.717, 1.165) is 0 Å². The van der Waals surface area contributed by atoms with Crippen molar-refractivity contribution in [3.63, 3.8) is 0 Å². The van der Waals surface area contributed by atoms with Crippen molar-refractivity contribution < 1.29 is 34.0 Å². The van der Waals surface area contributed by atoms with Crippen LogP contribution >= 0.6 is 0 Å². The summed E-state index contributed by atoms with van der Waals surface area (Å²) in [7, 11) is 0. The lowest BCUT2D eigenvalue weighted by Crippen LogP contribution is -2.25. The van der Waals surface area contributed by atoms with Crippen LogP contribution in [0.15, 0.2) is 6.07 Å². The molecule has 0 unspecified atom stereocenters. The number of aliphatic hydroxyl groups is 2. The second-order valence-corrected chi connectivity index (χ2v) is 5.13. The van der Waals surface area contributed by atoms with E-state index in [9.17, 15) is 19.8 Å². The van der Waals surface area contributed by atoms with Crippen molar-refractivity contribution in [2.45, 2.75) is 38.6 Å². The molecule has 0 spiro atoms. The van der Waals surface area contributed by atoms with Crippen molar-refractivity contribution >= 4 is 11.9 Å². The van der Waals surface area contributed by atoms with Crippen molar-refractivity contribution in [2.75, 3.05) is 19.8 Å². The van der Waals surface area contributed by atoms with Crippen LogP contribution in [-0.4, -0.2) is 59.2 Å². The normalized spacial score (nSPS) is 23.7. The summed E-state index contributed by atoms with van der Waals surface area (Å²) in [5, 5.41) is 19.5. The Hall–Kier alpha value is -1.90. The molecule has 128 valence electrons. The van der Waals surface area contributed by atoms with Crippen LogP contribution in [0.1, 0.15) is 41.7 Å². The lowest BCUT2D eigenvalue weighted by molar-refractivity contribution is -0.142. The summed E-state index contributed by atoms with van der Waals surface area (Å²) in [4.78, 5) is 26.6. The number of hydrogen-bond acceptors (Lipinski definition) is 7. The summed E-state index contributed by atoms with van der Waals surface area (Å²) in [6.07, 6.45) is -3.04. The first-order valence-corrected chi connectivity index (χ1v) is 7.50. The molecule has 1 aromatic heterocycles. The molecule has 1 aliphatic heterocycles. The molecule has 2 heterocycles. The maximum absolute atomic E-state index is 12.0. The number of carbonyl (C=O) groups is 2. The minimum atomic E-state index is -1.11. The monoisotopic (exact) mass is 327 g/mol. The van der Waals surface area contributed by atoms with Crippen LogP contribution in [0.25, 0.3) is 0 Å². The van der Waals surface area contributed by atoms with Crippen LogP contribution in [0.4, 0.5) is 0 Å². The van der Waals surface area contributed by atoms with E-state index in [1.165, 1.54) is 6.07 Å². The summed E-state index contributed by atoms with van der Waals surface area (Å²) in [6.45, 7) is 3.79. The van der Waals surface area contributed by atoms with Crippen LogP contribution in [-0.2, 0) is 25.4 Å². The van der Waals surface area contributed by atoms with Crippen molar-refractivity contribution in [2.24, 2.45) is 0 Å². The van der Waals surface area contributed by atoms with Gasteiger partial charge in [-0.1, -0.05) is 0 Å². The van der Waals surface area contributed by atoms with E-state index in [4.69, 9.17) is 14.2 Å². The van der Waals surface area contributed by atoms with Gasteiger partial charge in [-0.25, -0.2) is 4.79 Å².